The minimum absolute atomic E-state index is 0.132. The number of amides is 1. The molecule has 0 N–H and O–H groups in total. The van der Waals surface area contributed by atoms with Crippen molar-refractivity contribution in [2.75, 3.05) is 13.1 Å². The number of aromatic nitrogens is 1. The third-order valence-electron chi connectivity index (χ3n) is 5.98. The average Bonchev–Trinajstić information content (AvgIpc) is 3.01. The predicted molar refractivity (Wildman–Crippen MR) is 103 cm³/mol. The number of nitrogens with zero attached hydrogens (tertiary/aromatic N) is 3. The van der Waals surface area contributed by atoms with Crippen LogP contribution in [0, 0.1) is 12.7 Å². The van der Waals surface area contributed by atoms with Crippen molar-refractivity contribution in [2.24, 2.45) is 0 Å². The minimum atomic E-state index is -0.221. The molecular formula is C22H26FN3O. The summed E-state index contributed by atoms with van der Waals surface area (Å²) >= 11 is 0. The van der Waals surface area contributed by atoms with Gasteiger partial charge in [0.1, 0.15) is 5.82 Å². The van der Waals surface area contributed by atoms with Gasteiger partial charge in [-0.1, -0.05) is 18.2 Å². The van der Waals surface area contributed by atoms with Gasteiger partial charge in [0.25, 0.3) is 0 Å². The monoisotopic (exact) mass is 367 g/mol. The van der Waals surface area contributed by atoms with Gasteiger partial charge >= 0.3 is 0 Å². The second-order valence-electron chi connectivity index (χ2n) is 7.77. The molecule has 0 bridgehead atoms. The molecule has 0 aliphatic carbocycles. The van der Waals surface area contributed by atoms with E-state index < -0.39 is 0 Å². The summed E-state index contributed by atoms with van der Waals surface area (Å²) in [5, 5.41) is 0. The summed E-state index contributed by atoms with van der Waals surface area (Å²) in [6, 6.07) is 13.4. The van der Waals surface area contributed by atoms with E-state index in [9.17, 15) is 9.18 Å². The van der Waals surface area contributed by atoms with Crippen LogP contribution in [0.1, 0.15) is 42.6 Å². The molecule has 0 unspecified atom stereocenters. The van der Waals surface area contributed by atoms with Gasteiger partial charge in [0.15, 0.2) is 0 Å². The molecule has 2 fully saturated rings. The van der Waals surface area contributed by atoms with Crippen molar-refractivity contribution in [3.05, 3.63) is 65.2 Å². The van der Waals surface area contributed by atoms with Crippen LogP contribution in [-0.2, 0) is 11.3 Å². The van der Waals surface area contributed by atoms with Crippen molar-refractivity contribution in [1.82, 2.24) is 14.8 Å². The van der Waals surface area contributed by atoms with E-state index in [0.717, 1.165) is 49.4 Å². The van der Waals surface area contributed by atoms with Gasteiger partial charge in [-0.2, -0.15) is 0 Å². The molecule has 0 spiro atoms. The van der Waals surface area contributed by atoms with Crippen LogP contribution in [0.15, 0.2) is 42.5 Å². The third kappa shape index (κ3) is 3.61. The first kappa shape index (κ1) is 18.1. The number of aryl methyl sites for hydroxylation is 1. The van der Waals surface area contributed by atoms with Crippen molar-refractivity contribution < 1.29 is 9.18 Å². The Morgan fingerprint density at radius 2 is 2.00 bits per heavy atom. The van der Waals surface area contributed by atoms with E-state index >= 15 is 0 Å². The fourth-order valence-electron chi connectivity index (χ4n) is 4.84. The zero-order valence-electron chi connectivity index (χ0n) is 15.9. The maximum Gasteiger partial charge on any atom is 0.219 e. The lowest BCUT2D eigenvalue weighted by Gasteiger charge is -2.41. The van der Waals surface area contributed by atoms with Gasteiger partial charge in [0.2, 0.25) is 5.91 Å². The number of fused-ring (bicyclic) bond motifs is 1. The van der Waals surface area contributed by atoms with Crippen molar-refractivity contribution in [3.8, 4) is 0 Å². The van der Waals surface area contributed by atoms with E-state index in [2.05, 4.69) is 16.0 Å². The zero-order valence-corrected chi connectivity index (χ0v) is 15.9. The Hall–Kier alpha value is -2.27. The fraction of sp³-hybridized carbons (Fsp3) is 0.455. The first-order valence-electron chi connectivity index (χ1n) is 9.72. The number of likely N-dealkylation sites (tertiary alicyclic amines) is 2. The van der Waals surface area contributed by atoms with Gasteiger partial charge < -0.3 is 4.90 Å². The molecule has 2 aliphatic rings. The largest absolute Gasteiger partial charge is 0.338 e. The molecule has 5 heteroatoms. The predicted octanol–water partition coefficient (Wildman–Crippen LogP) is 3.51. The quantitative estimate of drug-likeness (QED) is 0.833. The third-order valence-corrected chi connectivity index (χ3v) is 5.98. The molecule has 0 radical (unpaired) electrons. The van der Waals surface area contributed by atoms with Crippen molar-refractivity contribution in [3.63, 3.8) is 0 Å². The van der Waals surface area contributed by atoms with Gasteiger partial charge in [-0.15, -0.1) is 0 Å². The van der Waals surface area contributed by atoms with Crippen molar-refractivity contribution >= 4 is 5.91 Å². The highest BCUT2D eigenvalue weighted by Crippen LogP contribution is 2.40. The fourth-order valence-corrected chi connectivity index (χ4v) is 4.84. The summed E-state index contributed by atoms with van der Waals surface area (Å²) in [6.45, 7) is 6.13. The maximum atomic E-state index is 13.4. The first-order chi connectivity index (χ1) is 13.0. The highest BCUT2D eigenvalue weighted by atomic mass is 19.1. The lowest BCUT2D eigenvalue weighted by atomic mass is 9.86. The van der Waals surface area contributed by atoms with Gasteiger partial charge in [-0.25, -0.2) is 4.39 Å². The first-order valence-corrected chi connectivity index (χ1v) is 9.72. The van der Waals surface area contributed by atoms with Gasteiger partial charge in [-0.3, -0.25) is 14.7 Å². The lowest BCUT2D eigenvalue weighted by molar-refractivity contribution is -0.133. The minimum Gasteiger partial charge on any atom is -0.338 e. The van der Waals surface area contributed by atoms with Crippen LogP contribution in [0.2, 0.25) is 0 Å². The molecule has 3 atom stereocenters. The summed E-state index contributed by atoms with van der Waals surface area (Å²) in [5.74, 6) is 0.109. The van der Waals surface area contributed by atoms with Crippen molar-refractivity contribution in [2.45, 2.75) is 51.2 Å². The maximum absolute atomic E-state index is 13.4. The number of carbonyl (C=O) groups is 1. The Labute approximate surface area is 160 Å². The average molecular weight is 367 g/mol. The molecule has 1 amide bonds. The Morgan fingerprint density at radius 3 is 2.70 bits per heavy atom. The molecule has 2 saturated heterocycles. The number of piperidine rings is 1. The zero-order chi connectivity index (χ0) is 19.0. The summed E-state index contributed by atoms with van der Waals surface area (Å²) in [7, 11) is 0. The Kier molecular flexibility index (Phi) is 4.96. The summed E-state index contributed by atoms with van der Waals surface area (Å²) in [4.78, 5) is 21.5. The molecule has 2 aliphatic heterocycles. The second kappa shape index (κ2) is 7.39. The normalized spacial score (nSPS) is 25.4. The number of rotatable bonds is 3. The molecule has 2 aromatic rings. The highest BCUT2D eigenvalue weighted by molar-refractivity contribution is 5.74. The number of carbonyl (C=O) groups excluding carboxylic acids is 1. The summed E-state index contributed by atoms with van der Waals surface area (Å²) in [6.07, 6.45) is 2.10. The Bertz CT molecular complexity index is 823. The molecule has 1 aromatic heterocycles. The van der Waals surface area contributed by atoms with Crippen LogP contribution in [0.25, 0.3) is 0 Å². The highest BCUT2D eigenvalue weighted by Gasteiger charge is 2.47. The molecule has 4 nitrogen and oxygen atoms in total. The molecule has 142 valence electrons. The molecular weight excluding hydrogens is 341 g/mol. The second-order valence-corrected chi connectivity index (χ2v) is 7.77. The number of pyridine rings is 1. The van der Waals surface area contributed by atoms with E-state index in [4.69, 9.17) is 0 Å². The van der Waals surface area contributed by atoms with E-state index in [1.165, 1.54) is 12.1 Å². The Balaban J connectivity index is 1.66. The smallest absolute Gasteiger partial charge is 0.219 e. The summed E-state index contributed by atoms with van der Waals surface area (Å²) < 4.78 is 13.4. The molecule has 0 saturated carbocycles. The number of benzene rings is 1. The van der Waals surface area contributed by atoms with Crippen LogP contribution >= 0.6 is 0 Å². The molecule has 4 rings (SSSR count). The Morgan fingerprint density at radius 1 is 1.22 bits per heavy atom. The van der Waals surface area contributed by atoms with E-state index in [1.807, 2.05) is 36.1 Å². The number of halogens is 1. The van der Waals surface area contributed by atoms with Crippen LogP contribution in [0.4, 0.5) is 4.39 Å². The summed E-state index contributed by atoms with van der Waals surface area (Å²) in [5.41, 5.74) is 3.19. The molecule has 1 aromatic carbocycles. The van der Waals surface area contributed by atoms with Crippen LogP contribution < -0.4 is 0 Å². The van der Waals surface area contributed by atoms with Gasteiger partial charge in [0.05, 0.1) is 11.7 Å². The number of hydrogen-bond acceptors (Lipinski definition) is 3. The SMILES string of the molecule is CC(=O)N1CCC[C@@H]2[C@H]1[C@@H](c1ccc(F)cc1)CN2Cc1cccc(C)n1. The lowest BCUT2D eigenvalue weighted by Crippen LogP contribution is -2.52. The van der Waals surface area contributed by atoms with Crippen LogP contribution in [0.3, 0.4) is 0 Å². The van der Waals surface area contributed by atoms with E-state index in [1.54, 1.807) is 6.92 Å². The molecule has 3 heterocycles. The number of hydrogen-bond donors (Lipinski definition) is 0. The standard InChI is InChI=1S/C22H26FN3O/c1-15-5-3-6-19(24-15)13-25-14-20(17-8-10-18(23)11-9-17)22-21(25)7-4-12-26(22)16(2)27/h3,5-6,8-11,20-22H,4,7,12-14H2,1-2H3/t20-,21-,22-/m1/s1. The van der Waals surface area contributed by atoms with Gasteiger partial charge in [-0.05, 0) is 49.6 Å². The topological polar surface area (TPSA) is 36.4 Å². The molecule has 27 heavy (non-hydrogen) atoms. The van der Waals surface area contributed by atoms with E-state index in [0.29, 0.717) is 6.04 Å². The van der Waals surface area contributed by atoms with Gasteiger partial charge in [0, 0.05) is 44.2 Å². The van der Waals surface area contributed by atoms with E-state index in [-0.39, 0.29) is 23.7 Å². The van der Waals surface area contributed by atoms with Crippen molar-refractivity contribution in [1.29, 1.82) is 0 Å². The van der Waals surface area contributed by atoms with Crippen LogP contribution in [0.5, 0.6) is 0 Å². The van der Waals surface area contributed by atoms with Crippen LogP contribution in [-0.4, -0.2) is 45.9 Å².